The van der Waals surface area contributed by atoms with E-state index in [0.29, 0.717) is 16.9 Å². The van der Waals surface area contributed by atoms with E-state index in [4.69, 9.17) is 0 Å². The molecule has 2 unspecified atom stereocenters. The van der Waals surface area contributed by atoms with Gasteiger partial charge in [-0.3, -0.25) is 9.79 Å². The number of nitrogens with zero attached hydrogens (tertiary/aromatic N) is 1. The van der Waals surface area contributed by atoms with Gasteiger partial charge in [-0.05, 0) is 56.6 Å². The van der Waals surface area contributed by atoms with E-state index in [2.05, 4.69) is 34.8 Å². The highest BCUT2D eigenvalue weighted by Gasteiger charge is 2.29. The lowest BCUT2D eigenvalue weighted by atomic mass is 10.1. The van der Waals surface area contributed by atoms with Gasteiger partial charge in [0.1, 0.15) is 0 Å². The monoisotopic (exact) mass is 376 g/mol. The van der Waals surface area contributed by atoms with Crippen LogP contribution >= 0.6 is 11.8 Å². The summed E-state index contributed by atoms with van der Waals surface area (Å²) in [5.74, 6) is 2.05. The molecule has 2 rings (SSSR count). The number of rotatable bonds is 7. The molecule has 0 spiro atoms. The van der Waals surface area contributed by atoms with Gasteiger partial charge in [-0.15, -0.1) is 0 Å². The predicted octanol–water partition coefficient (Wildman–Crippen LogP) is 3.17. The molecule has 0 bridgehead atoms. The Hall–Kier alpha value is -1.69. The molecule has 1 aliphatic rings. The van der Waals surface area contributed by atoms with E-state index >= 15 is 0 Å². The van der Waals surface area contributed by atoms with E-state index in [-0.39, 0.29) is 11.9 Å². The van der Waals surface area contributed by atoms with Gasteiger partial charge in [0.25, 0.3) is 5.91 Å². The van der Waals surface area contributed by atoms with Crippen LogP contribution < -0.4 is 16.0 Å². The van der Waals surface area contributed by atoms with Crippen molar-refractivity contribution in [2.24, 2.45) is 4.99 Å². The number of guanidine groups is 1. The first-order chi connectivity index (χ1) is 12.5. The van der Waals surface area contributed by atoms with Crippen LogP contribution in [0.5, 0.6) is 0 Å². The minimum absolute atomic E-state index is 0.0151. The summed E-state index contributed by atoms with van der Waals surface area (Å²) in [6.45, 7) is 7.99. The van der Waals surface area contributed by atoms with Crippen molar-refractivity contribution in [2.75, 3.05) is 19.3 Å². The molecule has 144 valence electrons. The maximum absolute atomic E-state index is 12.1. The Morgan fingerprint density at radius 1 is 1.31 bits per heavy atom. The Morgan fingerprint density at radius 3 is 2.62 bits per heavy atom. The van der Waals surface area contributed by atoms with Crippen LogP contribution in [0.4, 0.5) is 0 Å². The quantitative estimate of drug-likeness (QED) is 0.505. The molecule has 1 saturated heterocycles. The van der Waals surface area contributed by atoms with Crippen LogP contribution in [0, 0.1) is 0 Å². The first-order valence-electron chi connectivity index (χ1n) is 9.44. The van der Waals surface area contributed by atoms with Crippen LogP contribution in [0.2, 0.25) is 0 Å². The molecular weight excluding hydrogens is 344 g/mol. The first kappa shape index (κ1) is 20.6. The average Bonchev–Trinajstić information content (AvgIpc) is 3.09. The summed E-state index contributed by atoms with van der Waals surface area (Å²) < 4.78 is 0.308. The maximum Gasteiger partial charge on any atom is 0.251 e. The minimum atomic E-state index is -0.0151. The number of aliphatic imine (C=N–C) groups is 1. The minimum Gasteiger partial charge on any atom is -0.355 e. The number of hydrogen-bond donors (Lipinski definition) is 3. The zero-order chi connectivity index (χ0) is 19.0. The zero-order valence-corrected chi connectivity index (χ0v) is 17.2. The Kier molecular flexibility index (Phi) is 7.82. The predicted molar refractivity (Wildman–Crippen MR) is 112 cm³/mol. The lowest BCUT2D eigenvalue weighted by molar-refractivity contribution is 0.0939. The molecule has 0 saturated carbocycles. The van der Waals surface area contributed by atoms with Crippen LogP contribution in [-0.2, 0) is 6.54 Å². The molecule has 1 aliphatic heterocycles. The van der Waals surface area contributed by atoms with E-state index < -0.39 is 0 Å². The van der Waals surface area contributed by atoms with Crippen molar-refractivity contribution < 1.29 is 4.79 Å². The van der Waals surface area contributed by atoms with Crippen LogP contribution in [-0.4, -0.2) is 42.0 Å². The molecule has 1 aromatic carbocycles. The molecule has 1 amide bonds. The van der Waals surface area contributed by atoms with Gasteiger partial charge >= 0.3 is 0 Å². The van der Waals surface area contributed by atoms with E-state index in [1.54, 1.807) is 7.05 Å². The van der Waals surface area contributed by atoms with E-state index in [1.807, 2.05) is 43.0 Å². The molecule has 3 N–H and O–H groups in total. The number of hydrogen-bond acceptors (Lipinski definition) is 3. The van der Waals surface area contributed by atoms with Crippen molar-refractivity contribution >= 4 is 23.6 Å². The van der Waals surface area contributed by atoms with E-state index in [9.17, 15) is 4.79 Å². The molecule has 0 aliphatic carbocycles. The van der Waals surface area contributed by atoms with Gasteiger partial charge in [0.05, 0.1) is 0 Å². The highest BCUT2D eigenvalue weighted by molar-refractivity contribution is 8.00. The van der Waals surface area contributed by atoms with E-state index in [1.165, 1.54) is 18.6 Å². The van der Waals surface area contributed by atoms with Crippen molar-refractivity contribution in [3.05, 3.63) is 35.4 Å². The smallest absolute Gasteiger partial charge is 0.251 e. The van der Waals surface area contributed by atoms with Crippen molar-refractivity contribution in [2.45, 2.75) is 57.4 Å². The molecule has 0 aromatic heterocycles. The molecular formula is C20H32N4OS. The first-order valence-corrected chi connectivity index (χ1v) is 10.4. The second-order valence-electron chi connectivity index (χ2n) is 7.16. The fourth-order valence-electron chi connectivity index (χ4n) is 2.84. The Morgan fingerprint density at radius 2 is 2.04 bits per heavy atom. The fourth-order valence-corrected chi connectivity index (χ4v) is 4.08. The summed E-state index contributed by atoms with van der Waals surface area (Å²) in [5, 5.41) is 9.77. The third-order valence-electron chi connectivity index (χ3n) is 4.82. The van der Waals surface area contributed by atoms with Gasteiger partial charge in [0.15, 0.2) is 5.96 Å². The van der Waals surface area contributed by atoms with Crippen LogP contribution in [0.25, 0.3) is 0 Å². The van der Waals surface area contributed by atoms with Crippen molar-refractivity contribution in [3.63, 3.8) is 0 Å². The molecule has 0 radical (unpaired) electrons. The number of benzene rings is 1. The fraction of sp³-hybridized carbons (Fsp3) is 0.600. The normalized spacial score (nSPS) is 21.3. The Bertz CT molecular complexity index is 609. The van der Waals surface area contributed by atoms with Crippen LogP contribution in [0.3, 0.4) is 0 Å². The standard InChI is InChI=1S/C20H32N4OS/c1-5-15(2)24-18(25)17-9-7-16(8-10-17)13-22-19(21-4)23-14-20(3)11-6-12-26-20/h7-10,15H,5-6,11-14H2,1-4H3,(H,24,25)(H2,21,22,23). The van der Waals surface area contributed by atoms with Crippen molar-refractivity contribution in [1.82, 2.24) is 16.0 Å². The van der Waals surface area contributed by atoms with Crippen LogP contribution in [0.1, 0.15) is 56.0 Å². The number of thioether (sulfide) groups is 1. The van der Waals surface area contributed by atoms with Gasteiger partial charge in [0.2, 0.25) is 0 Å². The summed E-state index contributed by atoms with van der Waals surface area (Å²) in [6.07, 6.45) is 3.48. The average molecular weight is 377 g/mol. The zero-order valence-electron chi connectivity index (χ0n) is 16.4. The lowest BCUT2D eigenvalue weighted by Gasteiger charge is -2.24. The summed E-state index contributed by atoms with van der Waals surface area (Å²) in [6, 6.07) is 7.92. The summed E-state index contributed by atoms with van der Waals surface area (Å²) in [7, 11) is 1.79. The summed E-state index contributed by atoms with van der Waals surface area (Å²) >= 11 is 2.04. The van der Waals surface area contributed by atoms with Gasteiger partial charge < -0.3 is 16.0 Å². The van der Waals surface area contributed by atoms with Crippen LogP contribution in [0.15, 0.2) is 29.3 Å². The number of nitrogens with one attached hydrogen (secondary N) is 3. The topological polar surface area (TPSA) is 65.5 Å². The van der Waals surface area contributed by atoms with Gasteiger partial charge in [-0.1, -0.05) is 19.1 Å². The highest BCUT2D eigenvalue weighted by Crippen LogP contribution is 2.36. The van der Waals surface area contributed by atoms with Crippen molar-refractivity contribution in [1.29, 1.82) is 0 Å². The second-order valence-corrected chi connectivity index (χ2v) is 8.84. The third kappa shape index (κ3) is 6.24. The molecule has 1 fully saturated rings. The number of carbonyl (C=O) groups excluding carboxylic acids is 1. The summed E-state index contributed by atoms with van der Waals surface area (Å²) in [5.41, 5.74) is 1.82. The number of amides is 1. The van der Waals surface area contributed by atoms with E-state index in [0.717, 1.165) is 24.5 Å². The number of carbonyl (C=O) groups is 1. The van der Waals surface area contributed by atoms with Crippen molar-refractivity contribution in [3.8, 4) is 0 Å². The Labute approximate surface area is 161 Å². The molecule has 1 aromatic rings. The molecule has 2 atom stereocenters. The SMILES string of the molecule is CCC(C)NC(=O)c1ccc(CNC(=NC)NCC2(C)CCCS2)cc1. The molecule has 1 heterocycles. The Balaban J connectivity index is 1.81. The lowest BCUT2D eigenvalue weighted by Crippen LogP contribution is -2.43. The highest BCUT2D eigenvalue weighted by atomic mass is 32.2. The van der Waals surface area contributed by atoms with Gasteiger partial charge in [0, 0.05) is 36.5 Å². The molecule has 6 heteroatoms. The van der Waals surface area contributed by atoms with Gasteiger partial charge in [-0.2, -0.15) is 11.8 Å². The summed E-state index contributed by atoms with van der Waals surface area (Å²) in [4.78, 5) is 16.4. The third-order valence-corrected chi connectivity index (χ3v) is 6.36. The second kappa shape index (κ2) is 9.86. The largest absolute Gasteiger partial charge is 0.355 e. The van der Waals surface area contributed by atoms with Gasteiger partial charge in [-0.25, -0.2) is 0 Å². The molecule has 26 heavy (non-hydrogen) atoms. The molecule has 5 nitrogen and oxygen atoms in total. The maximum atomic E-state index is 12.1.